The Balaban J connectivity index is 2.24. The SMILES string of the molecule is CN(C)Cc1cc2cnc3ccccc3c2o1. The molecule has 0 atom stereocenters. The number of aromatic nitrogens is 1. The van der Waals surface area contributed by atoms with Crippen molar-refractivity contribution in [2.45, 2.75) is 6.54 Å². The highest BCUT2D eigenvalue weighted by Gasteiger charge is 2.08. The van der Waals surface area contributed by atoms with Gasteiger partial charge in [-0.2, -0.15) is 0 Å². The fourth-order valence-electron chi connectivity index (χ4n) is 2.07. The molecule has 3 nitrogen and oxygen atoms in total. The number of hydrogen-bond donors (Lipinski definition) is 0. The minimum Gasteiger partial charge on any atom is -0.459 e. The average molecular weight is 226 g/mol. The Bertz CT molecular complexity index is 670. The van der Waals surface area contributed by atoms with Crippen LogP contribution in [-0.4, -0.2) is 24.0 Å². The zero-order valence-electron chi connectivity index (χ0n) is 9.97. The summed E-state index contributed by atoms with van der Waals surface area (Å²) in [6.07, 6.45) is 1.88. The Morgan fingerprint density at radius 2 is 2.06 bits per heavy atom. The highest BCUT2D eigenvalue weighted by Crippen LogP contribution is 2.26. The van der Waals surface area contributed by atoms with Crippen LogP contribution < -0.4 is 0 Å². The summed E-state index contributed by atoms with van der Waals surface area (Å²) in [6.45, 7) is 0.809. The van der Waals surface area contributed by atoms with Gasteiger partial charge in [-0.1, -0.05) is 12.1 Å². The Labute approximate surface area is 99.7 Å². The number of furan rings is 1. The molecular formula is C14H14N2O. The zero-order valence-corrected chi connectivity index (χ0v) is 9.97. The van der Waals surface area contributed by atoms with Crippen molar-refractivity contribution in [2.75, 3.05) is 14.1 Å². The van der Waals surface area contributed by atoms with Crippen molar-refractivity contribution in [3.63, 3.8) is 0 Å². The van der Waals surface area contributed by atoms with Crippen LogP contribution in [0.5, 0.6) is 0 Å². The van der Waals surface area contributed by atoms with Gasteiger partial charge in [0.2, 0.25) is 0 Å². The molecule has 0 radical (unpaired) electrons. The van der Waals surface area contributed by atoms with Gasteiger partial charge in [-0.15, -0.1) is 0 Å². The van der Waals surface area contributed by atoms with Crippen molar-refractivity contribution in [1.82, 2.24) is 9.88 Å². The van der Waals surface area contributed by atoms with Crippen molar-refractivity contribution >= 4 is 21.9 Å². The van der Waals surface area contributed by atoms with Crippen LogP contribution in [0, 0.1) is 0 Å². The standard InChI is InChI=1S/C14H14N2O/c1-16(2)9-11-7-10-8-15-13-6-4-3-5-12(13)14(10)17-11/h3-8H,9H2,1-2H3. The number of pyridine rings is 1. The van der Waals surface area contributed by atoms with Crippen molar-refractivity contribution in [2.24, 2.45) is 0 Å². The molecule has 0 amide bonds. The molecule has 0 unspecified atom stereocenters. The first kappa shape index (κ1) is 10.3. The van der Waals surface area contributed by atoms with Gasteiger partial charge in [-0.25, -0.2) is 0 Å². The summed E-state index contributed by atoms with van der Waals surface area (Å²) in [7, 11) is 4.06. The third-order valence-electron chi connectivity index (χ3n) is 2.78. The van der Waals surface area contributed by atoms with Gasteiger partial charge in [0, 0.05) is 17.0 Å². The summed E-state index contributed by atoms with van der Waals surface area (Å²) in [5.74, 6) is 0.975. The van der Waals surface area contributed by atoms with E-state index < -0.39 is 0 Å². The molecule has 0 bridgehead atoms. The molecule has 3 heteroatoms. The van der Waals surface area contributed by atoms with Gasteiger partial charge < -0.3 is 9.32 Å². The quantitative estimate of drug-likeness (QED) is 0.672. The van der Waals surface area contributed by atoms with Crippen LogP contribution in [0.2, 0.25) is 0 Å². The molecule has 3 rings (SSSR count). The predicted molar refractivity (Wildman–Crippen MR) is 68.9 cm³/mol. The van der Waals surface area contributed by atoms with E-state index >= 15 is 0 Å². The molecule has 0 saturated carbocycles. The third kappa shape index (κ3) is 1.78. The Kier molecular flexibility index (Phi) is 2.34. The van der Waals surface area contributed by atoms with Gasteiger partial charge >= 0.3 is 0 Å². The lowest BCUT2D eigenvalue weighted by molar-refractivity contribution is 0.358. The molecule has 1 aromatic carbocycles. The van der Waals surface area contributed by atoms with E-state index in [1.54, 1.807) is 0 Å². The monoisotopic (exact) mass is 226 g/mol. The first-order valence-corrected chi connectivity index (χ1v) is 5.65. The minimum atomic E-state index is 0.809. The normalized spacial score (nSPS) is 11.7. The molecule has 0 fully saturated rings. The van der Waals surface area contributed by atoms with Crippen molar-refractivity contribution in [1.29, 1.82) is 0 Å². The second-order valence-corrected chi connectivity index (χ2v) is 4.51. The second-order valence-electron chi connectivity index (χ2n) is 4.51. The van der Waals surface area contributed by atoms with Crippen LogP contribution in [0.4, 0.5) is 0 Å². The summed E-state index contributed by atoms with van der Waals surface area (Å²) in [6, 6.07) is 10.1. The Hall–Kier alpha value is -1.87. The molecule has 2 aromatic heterocycles. The van der Waals surface area contributed by atoms with Crippen LogP contribution >= 0.6 is 0 Å². The minimum absolute atomic E-state index is 0.809. The number of nitrogens with zero attached hydrogens (tertiary/aromatic N) is 2. The van der Waals surface area contributed by atoms with E-state index in [0.717, 1.165) is 34.2 Å². The van der Waals surface area contributed by atoms with E-state index in [9.17, 15) is 0 Å². The Morgan fingerprint density at radius 1 is 1.24 bits per heavy atom. The molecule has 0 aliphatic rings. The average Bonchev–Trinajstić information content (AvgIpc) is 2.70. The molecule has 2 heterocycles. The third-order valence-corrected chi connectivity index (χ3v) is 2.78. The lowest BCUT2D eigenvalue weighted by atomic mass is 10.2. The maximum absolute atomic E-state index is 5.91. The van der Waals surface area contributed by atoms with Gasteiger partial charge in [0.05, 0.1) is 12.1 Å². The molecule has 17 heavy (non-hydrogen) atoms. The van der Waals surface area contributed by atoms with Gasteiger partial charge in [0.1, 0.15) is 11.3 Å². The molecule has 0 N–H and O–H groups in total. The fourth-order valence-corrected chi connectivity index (χ4v) is 2.07. The number of rotatable bonds is 2. The Morgan fingerprint density at radius 3 is 2.88 bits per heavy atom. The van der Waals surface area contributed by atoms with Gasteiger partial charge in [0.15, 0.2) is 0 Å². The van der Waals surface area contributed by atoms with Crippen molar-refractivity contribution < 1.29 is 4.42 Å². The highest BCUT2D eigenvalue weighted by molar-refractivity contribution is 6.01. The largest absolute Gasteiger partial charge is 0.459 e. The molecule has 3 aromatic rings. The van der Waals surface area contributed by atoms with Crippen LogP contribution in [0.25, 0.3) is 21.9 Å². The summed E-state index contributed by atoms with van der Waals surface area (Å²) < 4.78 is 5.91. The molecule has 0 aliphatic heterocycles. The first-order valence-electron chi connectivity index (χ1n) is 5.65. The summed E-state index contributed by atoms with van der Waals surface area (Å²) >= 11 is 0. The maximum Gasteiger partial charge on any atom is 0.145 e. The predicted octanol–water partition coefficient (Wildman–Crippen LogP) is 3.04. The van der Waals surface area contributed by atoms with E-state index in [1.165, 1.54) is 0 Å². The van der Waals surface area contributed by atoms with Gasteiger partial charge in [0.25, 0.3) is 0 Å². The van der Waals surface area contributed by atoms with E-state index in [0.29, 0.717) is 0 Å². The van der Waals surface area contributed by atoms with Crippen LogP contribution in [0.15, 0.2) is 40.9 Å². The number of benzene rings is 1. The highest BCUT2D eigenvalue weighted by atomic mass is 16.3. The lowest BCUT2D eigenvalue weighted by Crippen LogP contribution is -2.09. The van der Waals surface area contributed by atoms with Gasteiger partial charge in [-0.3, -0.25) is 4.98 Å². The van der Waals surface area contributed by atoms with Crippen molar-refractivity contribution in [3.8, 4) is 0 Å². The zero-order chi connectivity index (χ0) is 11.8. The summed E-state index contributed by atoms with van der Waals surface area (Å²) in [4.78, 5) is 6.52. The first-order chi connectivity index (χ1) is 8.24. The fraction of sp³-hybridized carbons (Fsp3) is 0.214. The van der Waals surface area contributed by atoms with E-state index in [2.05, 4.69) is 16.0 Å². The topological polar surface area (TPSA) is 29.3 Å². The number of para-hydroxylation sites is 1. The van der Waals surface area contributed by atoms with E-state index in [-0.39, 0.29) is 0 Å². The molecule has 0 spiro atoms. The van der Waals surface area contributed by atoms with Gasteiger partial charge in [-0.05, 0) is 32.3 Å². The second kappa shape index (κ2) is 3.86. The number of fused-ring (bicyclic) bond motifs is 3. The van der Waals surface area contributed by atoms with Crippen LogP contribution in [-0.2, 0) is 6.54 Å². The summed E-state index contributed by atoms with van der Waals surface area (Å²) in [5, 5.41) is 2.15. The van der Waals surface area contributed by atoms with Crippen molar-refractivity contribution in [3.05, 3.63) is 42.3 Å². The maximum atomic E-state index is 5.91. The van der Waals surface area contributed by atoms with E-state index in [1.807, 2.05) is 44.6 Å². The lowest BCUT2D eigenvalue weighted by Gasteiger charge is -2.05. The number of hydrogen-bond acceptors (Lipinski definition) is 3. The molecular weight excluding hydrogens is 212 g/mol. The molecule has 0 aliphatic carbocycles. The molecule has 0 saturated heterocycles. The van der Waals surface area contributed by atoms with Crippen LogP contribution in [0.3, 0.4) is 0 Å². The molecule has 86 valence electrons. The smallest absolute Gasteiger partial charge is 0.145 e. The summed E-state index contributed by atoms with van der Waals surface area (Å²) in [5.41, 5.74) is 1.92. The van der Waals surface area contributed by atoms with E-state index in [4.69, 9.17) is 4.42 Å². The van der Waals surface area contributed by atoms with Crippen LogP contribution in [0.1, 0.15) is 5.76 Å².